The molecule has 276 valence electrons. The molecule has 3 aromatic rings. The van der Waals surface area contributed by atoms with Crippen LogP contribution >= 0.6 is 24.0 Å². The lowest BCUT2D eigenvalue weighted by Gasteiger charge is -2.15. The van der Waals surface area contributed by atoms with Crippen molar-refractivity contribution in [3.63, 3.8) is 0 Å². The number of Topliss-reactive ketones (excluding diaryl/α,β-unsaturated/α-hetero) is 3. The molecule has 2 amide bonds. The molecule has 0 aliphatic carbocycles. The van der Waals surface area contributed by atoms with E-state index in [2.05, 4.69) is 5.32 Å². The quantitative estimate of drug-likeness (QED) is 0.120. The van der Waals surface area contributed by atoms with E-state index in [0.717, 1.165) is 6.07 Å². The molecule has 0 spiro atoms. The lowest BCUT2D eigenvalue weighted by molar-refractivity contribution is -0.385. The number of rotatable bonds is 11. The third kappa shape index (κ3) is 19.9. The maximum absolute atomic E-state index is 11.8. The monoisotopic (exact) mass is 750 g/mol. The number of nitrogens with one attached hydrogen (secondary N) is 1. The third-order valence-electron chi connectivity index (χ3n) is 5.76. The average molecular weight is 752 g/mol. The zero-order valence-corrected chi connectivity index (χ0v) is 30.4. The van der Waals surface area contributed by atoms with Gasteiger partial charge in [0.15, 0.2) is 0 Å². The summed E-state index contributed by atoms with van der Waals surface area (Å²) in [6, 6.07) is 17.4. The molecule has 0 aromatic heterocycles. The number of nitrogens with two attached hydrogens (primary N) is 1. The minimum atomic E-state index is -0.696. The Bertz CT molecular complexity index is 1670. The Balaban J connectivity index is 0. The molecule has 0 bridgehead atoms. The highest BCUT2D eigenvalue weighted by Crippen LogP contribution is 2.15. The first kappa shape index (κ1) is 47.5. The molecule has 51 heavy (non-hydrogen) atoms. The van der Waals surface area contributed by atoms with Crippen molar-refractivity contribution >= 4 is 75.5 Å². The van der Waals surface area contributed by atoms with Gasteiger partial charge in [0, 0.05) is 60.7 Å². The topological polar surface area (TPSA) is 233 Å². The zero-order valence-electron chi connectivity index (χ0n) is 28.8. The summed E-state index contributed by atoms with van der Waals surface area (Å²) in [5.74, 6) is -0.625. The summed E-state index contributed by atoms with van der Waals surface area (Å²) in [5.41, 5.74) is 6.64. The largest absolute Gasteiger partial charge is 0.399 e. The van der Waals surface area contributed by atoms with Gasteiger partial charge in [-0.3, -0.25) is 49.0 Å². The van der Waals surface area contributed by atoms with Crippen LogP contribution in [0.5, 0.6) is 0 Å². The first-order chi connectivity index (χ1) is 23.3. The summed E-state index contributed by atoms with van der Waals surface area (Å²) in [5, 5.41) is 22.8. The normalized spacial score (nSPS) is 9.31. The van der Waals surface area contributed by atoms with Crippen LogP contribution in [-0.2, 0) is 14.4 Å². The van der Waals surface area contributed by atoms with Gasteiger partial charge in [-0.2, -0.15) is 0 Å². The van der Waals surface area contributed by atoms with Gasteiger partial charge in [-0.1, -0.05) is 18.2 Å². The van der Waals surface area contributed by atoms with Crippen LogP contribution in [0.4, 0.5) is 17.1 Å². The Morgan fingerprint density at radius 2 is 1.06 bits per heavy atom. The highest BCUT2D eigenvalue weighted by molar-refractivity contribution is 6.67. The molecular weight excluding hydrogens is 711 g/mol. The molecule has 0 aliphatic rings. The highest BCUT2D eigenvalue weighted by atomic mass is 35.5. The Hall–Kier alpha value is -5.58. The number of nitrogens with zero attached hydrogens (tertiary/aromatic N) is 4. The Morgan fingerprint density at radius 3 is 1.37 bits per heavy atom. The van der Waals surface area contributed by atoms with Gasteiger partial charge >= 0.3 is 0 Å². The Kier molecular flexibility index (Phi) is 22.9. The van der Waals surface area contributed by atoms with Crippen molar-refractivity contribution in [1.82, 2.24) is 15.1 Å². The van der Waals surface area contributed by atoms with E-state index < -0.39 is 21.0 Å². The number of anilines is 1. The minimum Gasteiger partial charge on any atom is -0.399 e. The third-order valence-corrected chi connectivity index (χ3v) is 5.98. The van der Waals surface area contributed by atoms with Crippen molar-refractivity contribution in [1.29, 1.82) is 0 Å². The van der Waals surface area contributed by atoms with Crippen LogP contribution in [0, 0.1) is 20.2 Å². The van der Waals surface area contributed by atoms with Gasteiger partial charge in [-0.15, -0.1) is 12.4 Å². The van der Waals surface area contributed by atoms with Crippen LogP contribution in [0.2, 0.25) is 0 Å². The number of hydrogen-bond acceptors (Lipinski definition) is 12. The van der Waals surface area contributed by atoms with E-state index in [1.165, 1.54) is 73.2 Å². The number of amides is 2. The SMILES string of the molecule is CC(=O)CN(C)C(=O)c1cccc(N)c1.CC(=O)CN(C)C(=O)c1cccc([N+](=O)[O-])c1.CNCC(C)=O.Cl.O=C(Cl)c1cccc([N+](=O)[O-])c1. The summed E-state index contributed by atoms with van der Waals surface area (Å²) >= 11 is 5.12. The first-order valence-corrected chi connectivity index (χ1v) is 14.9. The number of benzene rings is 3. The standard InChI is InChI=1S/C11H12N2O4.C11H14N2O2.C7H4ClNO3.C4H9NO.ClH/c1-8(14)7-12(2)11(15)9-4-3-5-10(6-9)13(16)17;1-8(14)7-13(2)11(15)9-4-3-5-10(12)6-9;8-7(10)5-2-1-3-6(4-5)9(11)12;1-4(6)3-5-2;/h3-6H,7H2,1-2H3;3-6H,7,12H2,1-2H3;1-4H;5H,3H2,1-2H3;1H. The predicted molar refractivity (Wildman–Crippen MR) is 194 cm³/mol. The molecule has 3 rings (SSSR count). The smallest absolute Gasteiger partial charge is 0.270 e. The van der Waals surface area contributed by atoms with Gasteiger partial charge in [0.2, 0.25) is 0 Å². The number of non-ortho nitro benzene ring substituents is 2. The molecule has 0 saturated carbocycles. The van der Waals surface area contributed by atoms with E-state index in [1.807, 2.05) is 0 Å². The predicted octanol–water partition coefficient (Wildman–Crippen LogP) is 4.38. The molecule has 18 heteroatoms. The Morgan fingerprint density at radius 1 is 0.686 bits per heavy atom. The van der Waals surface area contributed by atoms with Crippen LogP contribution in [0.3, 0.4) is 0 Å². The number of likely N-dealkylation sites (N-methyl/N-ethyl adjacent to an activating group) is 3. The van der Waals surface area contributed by atoms with E-state index in [4.69, 9.17) is 17.3 Å². The molecule has 0 saturated heterocycles. The van der Waals surface area contributed by atoms with Gasteiger partial charge in [0.05, 0.1) is 29.5 Å². The van der Waals surface area contributed by atoms with Crippen molar-refractivity contribution in [2.75, 3.05) is 46.5 Å². The lowest BCUT2D eigenvalue weighted by Crippen LogP contribution is -2.31. The van der Waals surface area contributed by atoms with E-state index in [1.54, 1.807) is 45.3 Å². The van der Waals surface area contributed by atoms with Crippen LogP contribution in [0.25, 0.3) is 0 Å². The summed E-state index contributed by atoms with van der Waals surface area (Å²) in [6.07, 6.45) is 0. The van der Waals surface area contributed by atoms with Crippen LogP contribution in [0.1, 0.15) is 51.8 Å². The molecule has 16 nitrogen and oxygen atoms in total. The molecule has 0 atom stereocenters. The zero-order chi connectivity index (χ0) is 38.6. The van der Waals surface area contributed by atoms with E-state index in [-0.39, 0.29) is 71.3 Å². The van der Waals surface area contributed by atoms with Gasteiger partial charge < -0.3 is 20.9 Å². The van der Waals surface area contributed by atoms with E-state index >= 15 is 0 Å². The van der Waals surface area contributed by atoms with Gasteiger partial charge in [0.25, 0.3) is 28.4 Å². The summed E-state index contributed by atoms with van der Waals surface area (Å²) in [4.78, 5) is 88.0. The van der Waals surface area contributed by atoms with Gasteiger partial charge in [0.1, 0.15) is 17.3 Å². The maximum Gasteiger partial charge on any atom is 0.270 e. The minimum absolute atomic E-state index is 0. The number of nitrogen functional groups attached to an aromatic ring is 1. The number of hydrogen-bond donors (Lipinski definition) is 2. The number of carbonyl (C=O) groups is 6. The maximum atomic E-state index is 11.8. The number of nitro benzene ring substituents is 2. The fourth-order valence-corrected chi connectivity index (χ4v) is 3.78. The fourth-order valence-electron chi connectivity index (χ4n) is 3.67. The summed E-state index contributed by atoms with van der Waals surface area (Å²) < 4.78 is 0. The van der Waals surface area contributed by atoms with Gasteiger partial charge in [-0.05, 0) is 69.8 Å². The van der Waals surface area contributed by atoms with Crippen molar-refractivity contribution in [3.05, 3.63) is 110 Å². The number of carbonyl (C=O) groups excluding carboxylic acids is 6. The first-order valence-electron chi connectivity index (χ1n) is 14.5. The van der Waals surface area contributed by atoms with Crippen molar-refractivity contribution in [2.24, 2.45) is 0 Å². The number of ketones is 3. The summed E-state index contributed by atoms with van der Waals surface area (Å²) in [7, 11) is 4.82. The van der Waals surface area contributed by atoms with Gasteiger partial charge in [-0.25, -0.2) is 0 Å². The number of halogens is 2. The molecule has 3 aromatic carbocycles. The molecular formula is C33H40Cl2N6O10. The van der Waals surface area contributed by atoms with Crippen molar-refractivity contribution < 1.29 is 38.6 Å². The molecule has 0 radical (unpaired) electrons. The lowest BCUT2D eigenvalue weighted by atomic mass is 10.2. The molecule has 0 heterocycles. The molecule has 3 N–H and O–H groups in total. The second-order valence-electron chi connectivity index (χ2n) is 10.5. The van der Waals surface area contributed by atoms with Crippen LogP contribution < -0.4 is 11.1 Å². The molecule has 0 fully saturated rings. The van der Waals surface area contributed by atoms with Crippen molar-refractivity contribution in [3.8, 4) is 0 Å². The molecule has 0 aliphatic heterocycles. The number of nitro groups is 2. The van der Waals surface area contributed by atoms with Crippen LogP contribution in [-0.4, -0.2) is 94.8 Å². The van der Waals surface area contributed by atoms with Crippen LogP contribution in [0.15, 0.2) is 72.8 Å². The van der Waals surface area contributed by atoms with E-state index in [9.17, 15) is 49.0 Å². The molecule has 0 unspecified atom stereocenters. The highest BCUT2D eigenvalue weighted by Gasteiger charge is 2.16. The summed E-state index contributed by atoms with van der Waals surface area (Å²) in [6.45, 7) is 4.96. The van der Waals surface area contributed by atoms with Crippen molar-refractivity contribution in [2.45, 2.75) is 20.8 Å². The second kappa shape index (κ2) is 24.5. The fraction of sp³-hybridized carbons (Fsp3) is 0.273. The second-order valence-corrected chi connectivity index (χ2v) is 10.8. The Labute approximate surface area is 305 Å². The average Bonchev–Trinajstić information content (AvgIpc) is 3.04. The van der Waals surface area contributed by atoms with E-state index in [0.29, 0.717) is 17.8 Å².